The molecule has 7 heteroatoms. The summed E-state index contributed by atoms with van der Waals surface area (Å²) in [6.45, 7) is 5.29. The second-order valence-corrected chi connectivity index (χ2v) is 9.14. The maximum atomic E-state index is 12.7. The normalized spacial score (nSPS) is 17.4. The molecule has 0 aromatic carbocycles. The van der Waals surface area contributed by atoms with Gasteiger partial charge in [0.15, 0.2) is 0 Å². The molecule has 3 aromatic heterocycles. The third-order valence-electron chi connectivity index (χ3n) is 5.51. The lowest BCUT2D eigenvalue weighted by Crippen LogP contribution is -2.35. The third kappa shape index (κ3) is 3.02. The van der Waals surface area contributed by atoms with Crippen LogP contribution in [-0.4, -0.2) is 47.0 Å². The van der Waals surface area contributed by atoms with Crippen LogP contribution >= 0.6 is 22.7 Å². The lowest BCUT2D eigenvalue weighted by Gasteiger charge is -2.24. The largest absolute Gasteiger partial charge is 0.354 e. The zero-order valence-corrected chi connectivity index (χ0v) is 17.0. The van der Waals surface area contributed by atoms with Crippen molar-refractivity contribution < 1.29 is 4.79 Å². The molecule has 0 bridgehead atoms. The Morgan fingerprint density at radius 1 is 1.11 bits per heavy atom. The van der Waals surface area contributed by atoms with E-state index in [4.69, 9.17) is 9.97 Å². The molecule has 0 atom stereocenters. The van der Waals surface area contributed by atoms with Gasteiger partial charge in [-0.05, 0) is 49.6 Å². The Kier molecular flexibility index (Phi) is 4.36. The van der Waals surface area contributed by atoms with Crippen molar-refractivity contribution in [2.45, 2.75) is 32.6 Å². The van der Waals surface area contributed by atoms with E-state index in [0.717, 1.165) is 61.1 Å². The zero-order chi connectivity index (χ0) is 18.4. The molecule has 1 amide bonds. The van der Waals surface area contributed by atoms with Crippen LogP contribution in [0.15, 0.2) is 16.8 Å². The molecule has 1 fully saturated rings. The van der Waals surface area contributed by atoms with Gasteiger partial charge in [0.2, 0.25) is 0 Å². The molecule has 1 aliphatic heterocycles. The number of hydrogen-bond donors (Lipinski definition) is 0. The first-order chi connectivity index (χ1) is 13.2. The van der Waals surface area contributed by atoms with E-state index < -0.39 is 0 Å². The molecule has 140 valence electrons. The predicted molar refractivity (Wildman–Crippen MR) is 111 cm³/mol. The van der Waals surface area contributed by atoms with Gasteiger partial charge in [-0.3, -0.25) is 4.79 Å². The summed E-state index contributed by atoms with van der Waals surface area (Å²) < 4.78 is 0. The van der Waals surface area contributed by atoms with Crippen molar-refractivity contribution >= 4 is 44.6 Å². The number of nitrogens with zero attached hydrogens (tertiary/aromatic N) is 4. The minimum absolute atomic E-state index is 0.151. The van der Waals surface area contributed by atoms with E-state index in [-0.39, 0.29) is 5.91 Å². The molecule has 4 heterocycles. The smallest absolute Gasteiger partial charge is 0.254 e. The monoisotopic (exact) mass is 398 g/mol. The minimum Gasteiger partial charge on any atom is -0.354 e. The van der Waals surface area contributed by atoms with Crippen LogP contribution in [0.3, 0.4) is 0 Å². The highest BCUT2D eigenvalue weighted by Gasteiger charge is 2.26. The quantitative estimate of drug-likeness (QED) is 0.657. The number of rotatable bonds is 2. The topological polar surface area (TPSA) is 49.3 Å². The van der Waals surface area contributed by atoms with E-state index in [1.807, 2.05) is 40.0 Å². The number of carbonyl (C=O) groups excluding carboxylic acids is 1. The summed E-state index contributed by atoms with van der Waals surface area (Å²) in [5.41, 5.74) is 2.28. The van der Waals surface area contributed by atoms with Gasteiger partial charge in [-0.2, -0.15) is 11.3 Å². The number of fused-ring (bicyclic) bond motifs is 3. The van der Waals surface area contributed by atoms with E-state index >= 15 is 0 Å². The Morgan fingerprint density at radius 2 is 2.04 bits per heavy atom. The van der Waals surface area contributed by atoms with Crippen LogP contribution in [0.2, 0.25) is 0 Å². The Balaban J connectivity index is 1.45. The fourth-order valence-corrected chi connectivity index (χ4v) is 6.14. The third-order valence-corrected chi connectivity index (χ3v) is 7.38. The lowest BCUT2D eigenvalue weighted by molar-refractivity contribution is 0.0767. The van der Waals surface area contributed by atoms with Gasteiger partial charge in [0.05, 0.1) is 10.9 Å². The zero-order valence-electron chi connectivity index (χ0n) is 15.4. The van der Waals surface area contributed by atoms with Crippen LogP contribution in [0, 0.1) is 6.92 Å². The number of aromatic nitrogens is 2. The second kappa shape index (κ2) is 6.87. The molecule has 0 N–H and O–H groups in total. The lowest BCUT2D eigenvalue weighted by atomic mass is 10.1. The average molecular weight is 399 g/mol. The van der Waals surface area contributed by atoms with Crippen LogP contribution in [0.5, 0.6) is 0 Å². The van der Waals surface area contributed by atoms with Crippen molar-refractivity contribution in [3.8, 4) is 0 Å². The molecule has 27 heavy (non-hydrogen) atoms. The Morgan fingerprint density at radius 3 is 2.89 bits per heavy atom. The fourth-order valence-electron chi connectivity index (χ4n) is 4.21. The summed E-state index contributed by atoms with van der Waals surface area (Å²) in [5, 5.41) is 5.18. The maximum absolute atomic E-state index is 12.7. The fraction of sp³-hybridized carbons (Fsp3) is 0.450. The minimum atomic E-state index is 0.151. The summed E-state index contributed by atoms with van der Waals surface area (Å²) >= 11 is 3.42. The molecule has 2 aliphatic rings. The average Bonchev–Trinajstić information content (AvgIpc) is 3.35. The summed E-state index contributed by atoms with van der Waals surface area (Å²) in [6.07, 6.45) is 4.53. The number of hydrogen-bond acceptors (Lipinski definition) is 6. The standard InChI is InChI=1S/C20H22N4OS2/c1-13-21-18(17-15-4-2-5-16(15)27-19(17)22-13)23-7-3-8-24(10-9-23)20(25)14-6-11-26-12-14/h6,11-12H,2-5,7-10H2,1H3. The molecular formula is C20H22N4OS2. The summed E-state index contributed by atoms with van der Waals surface area (Å²) in [7, 11) is 0. The van der Waals surface area contributed by atoms with E-state index in [0.29, 0.717) is 0 Å². The van der Waals surface area contributed by atoms with Crippen LogP contribution in [0.4, 0.5) is 5.82 Å². The van der Waals surface area contributed by atoms with Gasteiger partial charge >= 0.3 is 0 Å². The van der Waals surface area contributed by atoms with E-state index in [2.05, 4.69) is 4.90 Å². The van der Waals surface area contributed by atoms with Crippen LogP contribution in [0.25, 0.3) is 10.2 Å². The molecule has 5 rings (SSSR count). The molecule has 0 unspecified atom stereocenters. The van der Waals surface area contributed by atoms with Crippen LogP contribution in [0.1, 0.15) is 39.5 Å². The first-order valence-corrected chi connectivity index (χ1v) is 11.3. The van der Waals surface area contributed by atoms with Gasteiger partial charge in [-0.15, -0.1) is 11.3 Å². The highest BCUT2D eigenvalue weighted by atomic mass is 32.1. The van der Waals surface area contributed by atoms with Gasteiger partial charge in [0, 0.05) is 36.4 Å². The van der Waals surface area contributed by atoms with Crippen LogP contribution in [-0.2, 0) is 12.8 Å². The highest BCUT2D eigenvalue weighted by molar-refractivity contribution is 7.19. The summed E-state index contributed by atoms with van der Waals surface area (Å²) in [4.78, 5) is 29.3. The van der Waals surface area contributed by atoms with Crippen molar-refractivity contribution in [2.24, 2.45) is 0 Å². The Bertz CT molecular complexity index is 995. The summed E-state index contributed by atoms with van der Waals surface area (Å²) in [6, 6.07) is 1.92. The van der Waals surface area contributed by atoms with Crippen LogP contribution < -0.4 is 4.90 Å². The highest BCUT2D eigenvalue weighted by Crippen LogP contribution is 2.40. The molecule has 0 radical (unpaired) electrons. The Hall–Kier alpha value is -1.99. The van der Waals surface area contributed by atoms with Gasteiger partial charge in [0.1, 0.15) is 16.5 Å². The molecule has 0 spiro atoms. The maximum Gasteiger partial charge on any atom is 0.254 e. The van der Waals surface area contributed by atoms with Crippen molar-refractivity contribution in [3.63, 3.8) is 0 Å². The van der Waals surface area contributed by atoms with E-state index in [1.54, 1.807) is 11.3 Å². The molecular weight excluding hydrogens is 376 g/mol. The van der Waals surface area contributed by atoms with E-state index in [1.165, 1.54) is 28.7 Å². The van der Waals surface area contributed by atoms with Gasteiger partial charge in [-0.25, -0.2) is 9.97 Å². The number of aryl methyl sites for hydroxylation is 3. The second-order valence-electron chi connectivity index (χ2n) is 7.28. The molecule has 1 aliphatic carbocycles. The van der Waals surface area contributed by atoms with Crippen molar-refractivity contribution in [2.75, 3.05) is 31.1 Å². The van der Waals surface area contributed by atoms with Crippen molar-refractivity contribution in [3.05, 3.63) is 38.7 Å². The predicted octanol–water partition coefficient (Wildman–Crippen LogP) is 3.90. The van der Waals surface area contributed by atoms with Crippen molar-refractivity contribution in [1.29, 1.82) is 0 Å². The first-order valence-electron chi connectivity index (χ1n) is 9.56. The Labute approximate surface area is 166 Å². The molecule has 3 aromatic rings. The molecule has 0 saturated carbocycles. The number of anilines is 1. The number of amides is 1. The van der Waals surface area contributed by atoms with Crippen molar-refractivity contribution in [1.82, 2.24) is 14.9 Å². The number of carbonyl (C=O) groups is 1. The molecule has 5 nitrogen and oxygen atoms in total. The summed E-state index contributed by atoms with van der Waals surface area (Å²) in [5.74, 6) is 2.08. The number of thiophene rings is 2. The SMILES string of the molecule is Cc1nc(N2CCCN(C(=O)c3ccsc3)CC2)c2c3c(sc2n1)CCC3. The van der Waals surface area contributed by atoms with Gasteiger partial charge in [0.25, 0.3) is 5.91 Å². The first kappa shape index (κ1) is 17.1. The van der Waals surface area contributed by atoms with Gasteiger partial charge in [-0.1, -0.05) is 0 Å². The van der Waals surface area contributed by atoms with E-state index in [9.17, 15) is 4.79 Å². The molecule has 1 saturated heterocycles. The van der Waals surface area contributed by atoms with Gasteiger partial charge < -0.3 is 9.80 Å².